The van der Waals surface area contributed by atoms with Crippen molar-refractivity contribution >= 4 is 23.5 Å². The van der Waals surface area contributed by atoms with E-state index in [2.05, 4.69) is 15.3 Å². The zero-order valence-electron chi connectivity index (χ0n) is 16.9. The van der Waals surface area contributed by atoms with Crippen molar-refractivity contribution in [1.29, 1.82) is 0 Å². The molecular weight excluding hydrogens is 380 g/mol. The van der Waals surface area contributed by atoms with Gasteiger partial charge in [0.25, 0.3) is 11.8 Å². The van der Waals surface area contributed by atoms with Crippen LogP contribution in [-0.4, -0.2) is 39.6 Å². The van der Waals surface area contributed by atoms with E-state index in [9.17, 15) is 14.4 Å². The third-order valence-corrected chi connectivity index (χ3v) is 5.15. The van der Waals surface area contributed by atoms with Crippen LogP contribution in [0.1, 0.15) is 37.4 Å². The molecule has 0 saturated carbocycles. The van der Waals surface area contributed by atoms with Crippen molar-refractivity contribution in [2.24, 2.45) is 0 Å². The molecule has 0 bridgehead atoms. The van der Waals surface area contributed by atoms with Crippen molar-refractivity contribution in [3.05, 3.63) is 76.7 Å². The van der Waals surface area contributed by atoms with Crippen LogP contribution in [0.15, 0.2) is 48.9 Å². The first-order valence-corrected chi connectivity index (χ1v) is 9.48. The number of nitrogens with one attached hydrogen (secondary N) is 1. The summed E-state index contributed by atoms with van der Waals surface area (Å²) in [5.74, 6) is -0.625. The van der Waals surface area contributed by atoms with E-state index in [1.165, 1.54) is 7.05 Å². The van der Waals surface area contributed by atoms with Crippen LogP contribution in [0.2, 0.25) is 0 Å². The standard InChI is InChI=1S/C23H20N4O3/c1-13-8-16(21-17(9-13)22(29)27(3)23(21)30)10-20(28)26-19-5-4-15(11-25-19)18-12-24-7-6-14(18)2/h4-9,11-12H,10H2,1-3H3,(H,25,26,28). The molecule has 1 aliphatic rings. The highest BCUT2D eigenvalue weighted by molar-refractivity contribution is 6.22. The quantitative estimate of drug-likeness (QED) is 0.679. The minimum atomic E-state index is -0.382. The summed E-state index contributed by atoms with van der Waals surface area (Å²) >= 11 is 0. The van der Waals surface area contributed by atoms with E-state index >= 15 is 0 Å². The molecule has 0 atom stereocenters. The Kier molecular flexibility index (Phi) is 4.87. The van der Waals surface area contributed by atoms with Crippen molar-refractivity contribution in [2.75, 3.05) is 12.4 Å². The van der Waals surface area contributed by atoms with Crippen LogP contribution in [0, 0.1) is 13.8 Å². The van der Waals surface area contributed by atoms with Gasteiger partial charge in [0.1, 0.15) is 5.82 Å². The molecule has 150 valence electrons. The molecule has 3 aromatic rings. The van der Waals surface area contributed by atoms with Crippen molar-refractivity contribution in [1.82, 2.24) is 14.9 Å². The van der Waals surface area contributed by atoms with Crippen LogP contribution in [0.4, 0.5) is 5.82 Å². The summed E-state index contributed by atoms with van der Waals surface area (Å²) < 4.78 is 0. The number of carbonyl (C=O) groups excluding carboxylic acids is 3. The molecule has 2 aromatic heterocycles. The Bertz CT molecular complexity index is 1190. The van der Waals surface area contributed by atoms with E-state index in [0.29, 0.717) is 22.5 Å². The second-order valence-corrected chi connectivity index (χ2v) is 7.36. The number of hydrogen-bond acceptors (Lipinski definition) is 5. The van der Waals surface area contributed by atoms with E-state index < -0.39 is 0 Å². The average Bonchev–Trinajstić information content (AvgIpc) is 2.93. The fraction of sp³-hybridized carbons (Fsp3) is 0.174. The van der Waals surface area contributed by atoms with Gasteiger partial charge in [0.2, 0.25) is 5.91 Å². The molecule has 1 aromatic carbocycles. The molecule has 1 N–H and O–H groups in total. The number of benzene rings is 1. The zero-order chi connectivity index (χ0) is 21.4. The number of fused-ring (bicyclic) bond motifs is 1. The van der Waals surface area contributed by atoms with Crippen LogP contribution in [0.5, 0.6) is 0 Å². The van der Waals surface area contributed by atoms with E-state index in [-0.39, 0.29) is 24.1 Å². The molecule has 0 aliphatic carbocycles. The monoisotopic (exact) mass is 400 g/mol. The minimum absolute atomic E-state index is 0.0258. The predicted molar refractivity (Wildman–Crippen MR) is 112 cm³/mol. The number of imide groups is 1. The third kappa shape index (κ3) is 3.45. The summed E-state index contributed by atoms with van der Waals surface area (Å²) in [6, 6.07) is 8.97. The summed E-state index contributed by atoms with van der Waals surface area (Å²) in [6.07, 6.45) is 5.17. The first-order chi connectivity index (χ1) is 14.3. The Morgan fingerprint density at radius 3 is 2.53 bits per heavy atom. The van der Waals surface area contributed by atoms with Crippen LogP contribution in [-0.2, 0) is 11.2 Å². The van der Waals surface area contributed by atoms with Gasteiger partial charge in [0.15, 0.2) is 0 Å². The number of aryl methyl sites for hydroxylation is 2. The van der Waals surface area contributed by atoms with Crippen LogP contribution in [0.25, 0.3) is 11.1 Å². The van der Waals surface area contributed by atoms with Crippen molar-refractivity contribution in [3.8, 4) is 11.1 Å². The molecule has 0 saturated heterocycles. The van der Waals surface area contributed by atoms with Crippen LogP contribution >= 0.6 is 0 Å². The minimum Gasteiger partial charge on any atom is -0.310 e. The largest absolute Gasteiger partial charge is 0.310 e. The smallest absolute Gasteiger partial charge is 0.261 e. The topological polar surface area (TPSA) is 92.3 Å². The fourth-order valence-corrected chi connectivity index (χ4v) is 3.62. The van der Waals surface area contributed by atoms with Gasteiger partial charge in [0, 0.05) is 36.8 Å². The zero-order valence-corrected chi connectivity index (χ0v) is 16.9. The van der Waals surface area contributed by atoms with E-state index in [0.717, 1.165) is 27.2 Å². The van der Waals surface area contributed by atoms with E-state index in [1.54, 1.807) is 36.8 Å². The summed E-state index contributed by atoms with van der Waals surface area (Å²) in [7, 11) is 1.44. The number of amides is 3. The maximum absolute atomic E-state index is 12.6. The highest BCUT2D eigenvalue weighted by Gasteiger charge is 2.35. The van der Waals surface area contributed by atoms with Gasteiger partial charge in [-0.05, 0) is 54.8 Å². The number of carbonyl (C=O) groups is 3. The number of aromatic nitrogens is 2. The fourth-order valence-electron chi connectivity index (χ4n) is 3.62. The molecule has 0 radical (unpaired) electrons. The maximum Gasteiger partial charge on any atom is 0.261 e. The van der Waals surface area contributed by atoms with Crippen molar-refractivity contribution in [3.63, 3.8) is 0 Å². The molecule has 1 aliphatic heterocycles. The Labute approximate surface area is 173 Å². The third-order valence-electron chi connectivity index (χ3n) is 5.15. The SMILES string of the molecule is Cc1cc(CC(=O)Nc2ccc(-c3cnccc3C)cn2)c2c(c1)C(=O)N(C)C2=O. The van der Waals surface area contributed by atoms with Gasteiger partial charge in [-0.1, -0.05) is 6.07 Å². The molecule has 7 heteroatoms. The first kappa shape index (κ1) is 19.4. The van der Waals surface area contributed by atoms with Gasteiger partial charge >= 0.3 is 0 Å². The number of rotatable bonds is 4. The normalized spacial score (nSPS) is 12.8. The number of hydrogen-bond donors (Lipinski definition) is 1. The lowest BCUT2D eigenvalue weighted by molar-refractivity contribution is -0.115. The van der Waals surface area contributed by atoms with E-state index in [4.69, 9.17) is 0 Å². The summed E-state index contributed by atoms with van der Waals surface area (Å²) in [6.45, 7) is 3.83. The lowest BCUT2D eigenvalue weighted by Crippen LogP contribution is -2.24. The second-order valence-electron chi connectivity index (χ2n) is 7.36. The Balaban J connectivity index is 1.53. The molecular formula is C23H20N4O3. The van der Waals surface area contributed by atoms with Gasteiger partial charge in [-0.2, -0.15) is 0 Å². The Morgan fingerprint density at radius 2 is 1.83 bits per heavy atom. The van der Waals surface area contributed by atoms with Gasteiger partial charge in [-0.3, -0.25) is 24.3 Å². The molecule has 0 unspecified atom stereocenters. The summed E-state index contributed by atoms with van der Waals surface area (Å²) in [5, 5.41) is 2.76. The molecule has 0 fully saturated rings. The predicted octanol–water partition coefficient (Wildman–Crippen LogP) is 3.17. The highest BCUT2D eigenvalue weighted by Crippen LogP contribution is 2.27. The molecule has 30 heavy (non-hydrogen) atoms. The molecule has 3 amide bonds. The summed E-state index contributed by atoms with van der Waals surface area (Å²) in [4.78, 5) is 46.8. The average molecular weight is 400 g/mol. The second kappa shape index (κ2) is 7.51. The molecule has 7 nitrogen and oxygen atoms in total. The maximum atomic E-state index is 12.6. The molecule has 3 heterocycles. The Hall–Kier alpha value is -3.87. The lowest BCUT2D eigenvalue weighted by atomic mass is 9.97. The van der Waals surface area contributed by atoms with Gasteiger partial charge in [-0.15, -0.1) is 0 Å². The first-order valence-electron chi connectivity index (χ1n) is 9.48. The highest BCUT2D eigenvalue weighted by atomic mass is 16.2. The van der Waals surface area contributed by atoms with Crippen LogP contribution in [0.3, 0.4) is 0 Å². The number of nitrogens with zero attached hydrogens (tertiary/aromatic N) is 3. The molecule has 4 rings (SSSR count). The molecule has 0 spiro atoms. The summed E-state index contributed by atoms with van der Waals surface area (Å²) in [5.41, 5.74) is 4.97. The van der Waals surface area contributed by atoms with Crippen molar-refractivity contribution < 1.29 is 14.4 Å². The van der Waals surface area contributed by atoms with Gasteiger partial charge in [0.05, 0.1) is 17.5 Å². The van der Waals surface area contributed by atoms with Gasteiger partial charge in [-0.25, -0.2) is 4.98 Å². The Morgan fingerprint density at radius 1 is 1.03 bits per heavy atom. The number of anilines is 1. The van der Waals surface area contributed by atoms with Gasteiger partial charge < -0.3 is 5.32 Å². The van der Waals surface area contributed by atoms with E-state index in [1.807, 2.05) is 26.0 Å². The number of pyridine rings is 2. The van der Waals surface area contributed by atoms with Crippen LogP contribution < -0.4 is 5.32 Å². The lowest BCUT2D eigenvalue weighted by Gasteiger charge is -2.10. The van der Waals surface area contributed by atoms with Crippen molar-refractivity contribution in [2.45, 2.75) is 20.3 Å².